The number of H-pyrrole nitrogens is 1. The van der Waals surface area contributed by atoms with Gasteiger partial charge in [-0.05, 0) is 17.5 Å². The van der Waals surface area contributed by atoms with Gasteiger partial charge >= 0.3 is 0 Å². The Morgan fingerprint density at radius 2 is 1.76 bits per heavy atom. The second kappa shape index (κ2) is 6.13. The number of aromatic nitrogens is 1. The van der Waals surface area contributed by atoms with Crippen molar-refractivity contribution in [1.29, 1.82) is 0 Å². The van der Waals surface area contributed by atoms with Crippen LogP contribution in [0.25, 0.3) is 21.7 Å². The van der Waals surface area contributed by atoms with Crippen molar-refractivity contribution in [2.24, 2.45) is 5.10 Å². The van der Waals surface area contributed by atoms with Crippen LogP contribution in [0.4, 0.5) is 0 Å². The number of hydrogen-bond acceptors (Lipinski definition) is 3. The third-order valence-electron chi connectivity index (χ3n) is 4.14. The predicted molar refractivity (Wildman–Crippen MR) is 99.0 cm³/mol. The highest BCUT2D eigenvalue weighted by molar-refractivity contribution is 6.07. The van der Waals surface area contributed by atoms with E-state index in [2.05, 4.69) is 15.5 Å². The molecule has 0 radical (unpaired) electrons. The van der Waals surface area contributed by atoms with Gasteiger partial charge in [-0.2, -0.15) is 5.10 Å². The number of carbonyl (C=O) groups is 1. The second-order valence-electron chi connectivity index (χ2n) is 5.67. The van der Waals surface area contributed by atoms with Gasteiger partial charge in [-0.1, -0.05) is 48.5 Å². The molecule has 0 aliphatic heterocycles. The van der Waals surface area contributed by atoms with Gasteiger partial charge in [0.05, 0.1) is 11.8 Å². The minimum Gasteiger partial charge on any atom is -0.507 e. The van der Waals surface area contributed by atoms with Crippen LogP contribution in [0.5, 0.6) is 5.75 Å². The predicted octanol–water partition coefficient (Wildman–Crippen LogP) is 3.79. The molecule has 3 N–H and O–H groups in total. The van der Waals surface area contributed by atoms with E-state index in [1.54, 1.807) is 12.3 Å². The van der Waals surface area contributed by atoms with Gasteiger partial charge < -0.3 is 10.1 Å². The van der Waals surface area contributed by atoms with E-state index in [0.29, 0.717) is 11.1 Å². The molecule has 5 heteroatoms. The maximum absolute atomic E-state index is 12.3. The molecule has 0 spiro atoms. The fourth-order valence-electron chi connectivity index (χ4n) is 2.86. The molecule has 0 unspecified atom stereocenters. The van der Waals surface area contributed by atoms with Gasteiger partial charge in [-0.15, -0.1) is 0 Å². The maximum atomic E-state index is 12.3. The minimum atomic E-state index is -0.311. The van der Waals surface area contributed by atoms with Crippen LogP contribution in [0.2, 0.25) is 0 Å². The molecule has 0 aliphatic rings. The average Bonchev–Trinajstić information content (AvgIpc) is 3.08. The first kappa shape index (κ1) is 15.0. The molecular formula is C20H15N3O2. The van der Waals surface area contributed by atoms with Crippen molar-refractivity contribution in [1.82, 2.24) is 10.4 Å². The zero-order valence-electron chi connectivity index (χ0n) is 13.2. The number of para-hydroxylation sites is 1. The standard InChI is InChI=1S/C20H15N3O2/c24-19-14(10-9-13-5-1-2-6-15(13)19)11-22-23-20(25)17-12-21-18-8-4-3-7-16(17)18/h1-12,21,24H,(H,23,25)/b22-11+. The van der Waals surface area contributed by atoms with Gasteiger partial charge in [0, 0.05) is 28.0 Å². The van der Waals surface area contributed by atoms with Crippen molar-refractivity contribution in [3.63, 3.8) is 0 Å². The number of amides is 1. The van der Waals surface area contributed by atoms with Crippen LogP contribution in [-0.2, 0) is 0 Å². The summed E-state index contributed by atoms with van der Waals surface area (Å²) in [4.78, 5) is 15.4. The average molecular weight is 329 g/mol. The normalized spacial score (nSPS) is 11.4. The van der Waals surface area contributed by atoms with E-state index in [1.165, 1.54) is 6.21 Å². The fourth-order valence-corrected chi connectivity index (χ4v) is 2.86. The molecule has 5 nitrogen and oxygen atoms in total. The van der Waals surface area contributed by atoms with E-state index in [-0.39, 0.29) is 11.7 Å². The molecule has 0 fully saturated rings. The van der Waals surface area contributed by atoms with Crippen molar-refractivity contribution in [3.8, 4) is 5.75 Å². The van der Waals surface area contributed by atoms with Gasteiger partial charge in [0.2, 0.25) is 0 Å². The van der Waals surface area contributed by atoms with E-state index < -0.39 is 0 Å². The van der Waals surface area contributed by atoms with Crippen molar-refractivity contribution >= 4 is 33.8 Å². The van der Waals surface area contributed by atoms with E-state index >= 15 is 0 Å². The molecule has 0 bridgehead atoms. The van der Waals surface area contributed by atoms with Crippen LogP contribution in [0.1, 0.15) is 15.9 Å². The highest BCUT2D eigenvalue weighted by Crippen LogP contribution is 2.27. The number of carbonyl (C=O) groups excluding carboxylic acids is 1. The number of aromatic amines is 1. The molecular weight excluding hydrogens is 314 g/mol. The molecule has 3 aromatic carbocycles. The monoisotopic (exact) mass is 329 g/mol. The van der Waals surface area contributed by atoms with Gasteiger partial charge in [0.25, 0.3) is 5.91 Å². The summed E-state index contributed by atoms with van der Waals surface area (Å²) < 4.78 is 0. The lowest BCUT2D eigenvalue weighted by molar-refractivity contribution is 0.0957. The number of nitrogens with zero attached hydrogens (tertiary/aromatic N) is 1. The number of benzene rings is 3. The van der Waals surface area contributed by atoms with Crippen LogP contribution in [0, 0.1) is 0 Å². The summed E-state index contributed by atoms with van der Waals surface area (Å²) in [5, 5.41) is 16.8. The lowest BCUT2D eigenvalue weighted by Crippen LogP contribution is -2.17. The molecule has 25 heavy (non-hydrogen) atoms. The number of aromatic hydroxyl groups is 1. The summed E-state index contributed by atoms with van der Waals surface area (Å²) in [6.45, 7) is 0. The highest BCUT2D eigenvalue weighted by Gasteiger charge is 2.10. The summed E-state index contributed by atoms with van der Waals surface area (Å²) in [7, 11) is 0. The van der Waals surface area contributed by atoms with Gasteiger partial charge in [-0.3, -0.25) is 4.79 Å². The molecule has 4 aromatic rings. The Morgan fingerprint density at radius 1 is 1.00 bits per heavy atom. The number of hydrogen-bond donors (Lipinski definition) is 3. The van der Waals surface area contributed by atoms with Crippen LogP contribution in [0.15, 0.2) is 72.0 Å². The molecule has 1 aromatic heterocycles. The van der Waals surface area contributed by atoms with Gasteiger partial charge in [-0.25, -0.2) is 5.43 Å². The van der Waals surface area contributed by atoms with Crippen LogP contribution < -0.4 is 5.43 Å². The second-order valence-corrected chi connectivity index (χ2v) is 5.67. The van der Waals surface area contributed by atoms with E-state index in [9.17, 15) is 9.90 Å². The highest BCUT2D eigenvalue weighted by atomic mass is 16.3. The molecule has 0 aliphatic carbocycles. The number of phenols is 1. The van der Waals surface area contributed by atoms with Crippen molar-refractivity contribution in [2.45, 2.75) is 0 Å². The Labute approximate surface area is 143 Å². The van der Waals surface area contributed by atoms with Crippen LogP contribution >= 0.6 is 0 Å². The van der Waals surface area contributed by atoms with E-state index in [4.69, 9.17) is 0 Å². The topological polar surface area (TPSA) is 77.5 Å². The lowest BCUT2D eigenvalue weighted by atomic mass is 10.1. The number of nitrogens with one attached hydrogen (secondary N) is 2. The van der Waals surface area contributed by atoms with Crippen LogP contribution in [0.3, 0.4) is 0 Å². The summed E-state index contributed by atoms with van der Waals surface area (Å²) in [5.74, 6) is -0.169. The van der Waals surface area contributed by atoms with E-state index in [1.807, 2.05) is 54.6 Å². The summed E-state index contributed by atoms with van der Waals surface area (Å²) in [6.07, 6.45) is 3.09. The Bertz CT molecular complexity index is 1110. The van der Waals surface area contributed by atoms with Gasteiger partial charge in [0.1, 0.15) is 5.75 Å². The summed E-state index contributed by atoms with van der Waals surface area (Å²) in [6, 6.07) is 18.8. The maximum Gasteiger partial charge on any atom is 0.273 e. The Balaban J connectivity index is 1.57. The van der Waals surface area contributed by atoms with Crippen molar-refractivity contribution < 1.29 is 9.90 Å². The number of rotatable bonds is 3. The molecule has 1 amide bonds. The largest absolute Gasteiger partial charge is 0.507 e. The number of fused-ring (bicyclic) bond motifs is 2. The first-order valence-electron chi connectivity index (χ1n) is 7.84. The molecule has 4 rings (SSSR count). The third kappa shape index (κ3) is 2.72. The third-order valence-corrected chi connectivity index (χ3v) is 4.14. The Kier molecular flexibility index (Phi) is 3.67. The Morgan fingerprint density at radius 3 is 2.64 bits per heavy atom. The molecule has 0 atom stereocenters. The first-order chi connectivity index (χ1) is 12.2. The van der Waals surface area contributed by atoms with E-state index in [0.717, 1.165) is 21.7 Å². The first-order valence-corrected chi connectivity index (χ1v) is 7.84. The summed E-state index contributed by atoms with van der Waals surface area (Å²) in [5.41, 5.74) is 4.46. The fraction of sp³-hybridized carbons (Fsp3) is 0. The quantitative estimate of drug-likeness (QED) is 0.395. The molecule has 1 heterocycles. The number of phenolic OH excluding ortho intramolecular Hbond substituents is 1. The molecule has 0 saturated heterocycles. The molecule has 122 valence electrons. The van der Waals surface area contributed by atoms with Crippen molar-refractivity contribution in [2.75, 3.05) is 0 Å². The number of hydrazone groups is 1. The Hall–Kier alpha value is -3.60. The zero-order valence-corrected chi connectivity index (χ0v) is 13.2. The summed E-state index contributed by atoms with van der Waals surface area (Å²) >= 11 is 0. The minimum absolute atomic E-state index is 0.142. The van der Waals surface area contributed by atoms with Crippen molar-refractivity contribution in [3.05, 3.63) is 78.0 Å². The van der Waals surface area contributed by atoms with Gasteiger partial charge in [0.15, 0.2) is 0 Å². The smallest absolute Gasteiger partial charge is 0.273 e. The van der Waals surface area contributed by atoms with Crippen LogP contribution in [-0.4, -0.2) is 22.2 Å². The lowest BCUT2D eigenvalue weighted by Gasteiger charge is -2.04. The zero-order chi connectivity index (χ0) is 17.2. The SMILES string of the molecule is O=C(N/N=C/c1ccc2ccccc2c1O)c1c[nH]c2ccccc12. The molecule has 0 saturated carbocycles.